The third-order valence-electron chi connectivity index (χ3n) is 15.5. The predicted molar refractivity (Wildman–Crippen MR) is 442 cm³/mol. The monoisotopic (exact) mass is 2520 g/mol. The number of rotatable bonds is 37. The van der Waals surface area contributed by atoms with Gasteiger partial charge in [0.1, 0.15) is 18.3 Å². The quantitative estimate of drug-likeness (QED) is 0.0239. The minimum absolute atomic E-state index is 0.190. The predicted octanol–water partition coefficient (Wildman–Crippen LogP) is -7.42. The van der Waals surface area contributed by atoms with E-state index in [1.807, 2.05) is 0 Å². The van der Waals surface area contributed by atoms with Crippen LogP contribution in [0.4, 0.5) is 17.1 Å². The van der Waals surface area contributed by atoms with Crippen LogP contribution in [-0.2, 0) is 14.4 Å². The topological polar surface area (TPSA) is 652 Å². The van der Waals surface area contributed by atoms with E-state index in [9.17, 15) is 131 Å². The number of hydrogen-bond acceptors (Lipinski definition) is 30. The highest BCUT2D eigenvalue weighted by Crippen LogP contribution is 2.42. The smallest absolute Gasteiger partial charge is 0.256 e. The van der Waals surface area contributed by atoms with Crippen LogP contribution in [-0.4, -0.2) is 377 Å². The van der Waals surface area contributed by atoms with Gasteiger partial charge in [0, 0.05) is 63.1 Å². The van der Waals surface area contributed by atoms with Gasteiger partial charge in [-0.3, -0.25) is 43.2 Å². The lowest BCUT2D eigenvalue weighted by atomic mass is 9.86. The number of aliphatic hydroxyl groups excluding tert-OH is 21. The number of likely N-dealkylation sites (tertiary alicyclic amines) is 1. The number of piperidine rings is 1. The van der Waals surface area contributed by atoms with Crippen molar-refractivity contribution >= 4 is 274 Å². The summed E-state index contributed by atoms with van der Waals surface area (Å²) in [4.78, 5) is 135. The van der Waals surface area contributed by atoms with Crippen molar-refractivity contribution < 1.29 is 150 Å². The van der Waals surface area contributed by atoms with Crippen molar-refractivity contribution in [1.29, 1.82) is 0 Å². The molecule has 11 unspecified atom stereocenters. The molecule has 26 N–H and O–H groups in total. The maximum atomic E-state index is 16.5. The molecule has 0 aromatic heterocycles. The first-order chi connectivity index (χ1) is 49.7. The third-order valence-corrected chi connectivity index (χ3v) is 25.2. The summed E-state index contributed by atoms with van der Waals surface area (Å²) in [6, 6.07) is -4.31. The Morgan fingerprint density at radius 2 is 0.538 bits per heavy atom. The SMILES string of the molecule is O=C(NC[C@@H]1C(O)C(O)[C@@H](O)[C@H](CNC(=O)c2c(I)c(NC(=O)C(O)CO)c(I)c(C(=O)N(CC(O)CO)CC(O)CO)c2I)N1C(=O)c1c(I)c(NC(=O)C(O)CO)c(I)c(C(=O)N(CC(O)CO)CC(O)CO)c1I)c1c(I)c(NC(=O)C(O)CO)c(I)c(C(=O)N(CC(O)CO)CC(O)CO)c1I. The Morgan fingerprint density at radius 1 is 0.321 bits per heavy atom. The van der Waals surface area contributed by atoms with Gasteiger partial charge < -0.3 is 153 Å². The average molecular weight is 2520 g/mol. The molecule has 0 spiro atoms. The molecule has 39 nitrogen and oxygen atoms in total. The summed E-state index contributed by atoms with van der Waals surface area (Å²) in [5, 5.41) is 232. The molecule has 14 atom stereocenters. The molecule has 594 valence electrons. The normalized spacial score (nSPS) is 18.4. The molecule has 1 fully saturated rings. The van der Waals surface area contributed by atoms with Crippen LogP contribution in [0.25, 0.3) is 0 Å². The fourth-order valence-electron chi connectivity index (χ4n) is 10.1. The summed E-state index contributed by atoms with van der Waals surface area (Å²) in [6.07, 6.45) is -24.0. The number of benzene rings is 3. The van der Waals surface area contributed by atoms with E-state index in [-0.39, 0.29) is 28.6 Å². The maximum Gasteiger partial charge on any atom is 0.256 e. The summed E-state index contributed by atoms with van der Waals surface area (Å²) in [5.74, 6) is -11.5. The van der Waals surface area contributed by atoms with Crippen LogP contribution >= 0.6 is 203 Å². The molecule has 1 aliphatic heterocycles. The molecule has 1 aliphatic rings. The van der Waals surface area contributed by atoms with Gasteiger partial charge in [-0.15, -0.1) is 0 Å². The average Bonchev–Trinajstić information content (AvgIpc) is 0.767. The van der Waals surface area contributed by atoms with Crippen LogP contribution in [0.2, 0.25) is 0 Å². The summed E-state index contributed by atoms with van der Waals surface area (Å²) < 4.78 is -2.53. The largest absolute Gasteiger partial charge is 0.394 e. The maximum absolute atomic E-state index is 16.5. The number of carbonyl (C=O) groups excluding carboxylic acids is 9. The number of hydrogen-bond donors (Lipinski definition) is 26. The lowest BCUT2D eigenvalue weighted by molar-refractivity contribution is -0.149. The van der Waals surface area contributed by atoms with E-state index >= 15 is 19.2 Å². The number of carbonyl (C=O) groups is 9. The molecule has 4 rings (SSSR count). The Bertz CT molecular complexity index is 3500. The highest BCUT2D eigenvalue weighted by Gasteiger charge is 2.52. The Balaban J connectivity index is 2.22. The second-order valence-electron chi connectivity index (χ2n) is 23.2. The Morgan fingerprint density at radius 3 is 0.764 bits per heavy atom. The first kappa shape index (κ1) is 97.0. The fraction of sp³-hybridized carbons (Fsp3) is 0.534. The zero-order valence-electron chi connectivity index (χ0n) is 54.4. The summed E-state index contributed by atoms with van der Waals surface area (Å²) >= 11 is 13.9. The van der Waals surface area contributed by atoms with Crippen LogP contribution in [0.1, 0.15) is 62.1 Å². The lowest BCUT2D eigenvalue weighted by Gasteiger charge is -2.49. The molecule has 3 aromatic rings. The van der Waals surface area contributed by atoms with Gasteiger partial charge >= 0.3 is 0 Å². The van der Waals surface area contributed by atoms with E-state index in [2.05, 4.69) is 26.6 Å². The van der Waals surface area contributed by atoms with Gasteiger partial charge in [0.05, 0.1) is 180 Å². The number of nitrogens with one attached hydrogen (secondary N) is 5. The van der Waals surface area contributed by atoms with Crippen molar-refractivity contribution in [3.05, 3.63) is 65.5 Å². The fourth-order valence-corrected chi connectivity index (χ4v) is 23.2. The summed E-state index contributed by atoms with van der Waals surface area (Å²) in [6.45, 7) is -15.9. The van der Waals surface area contributed by atoms with Crippen molar-refractivity contribution in [2.45, 2.75) is 85.3 Å². The van der Waals surface area contributed by atoms with Crippen LogP contribution < -0.4 is 26.6 Å². The van der Waals surface area contributed by atoms with Gasteiger partial charge in [-0.25, -0.2) is 0 Å². The molecule has 1 saturated heterocycles. The molecule has 0 aliphatic carbocycles. The van der Waals surface area contributed by atoms with E-state index < -0.39 is 304 Å². The minimum atomic E-state index is -2.45. The zero-order valence-corrected chi connectivity index (χ0v) is 73.8. The number of anilines is 3. The molecule has 9 amide bonds. The molecule has 0 bridgehead atoms. The van der Waals surface area contributed by atoms with Gasteiger partial charge in [0.15, 0.2) is 18.3 Å². The Kier molecular flexibility index (Phi) is 41.2. The van der Waals surface area contributed by atoms with E-state index in [4.69, 9.17) is 0 Å². The lowest BCUT2D eigenvalue weighted by Crippen LogP contribution is -2.71. The van der Waals surface area contributed by atoms with Crippen molar-refractivity contribution in [2.75, 3.05) is 128 Å². The van der Waals surface area contributed by atoms with Gasteiger partial charge in [-0.2, -0.15) is 0 Å². The van der Waals surface area contributed by atoms with Crippen molar-refractivity contribution in [1.82, 2.24) is 30.2 Å². The molecule has 48 heteroatoms. The number of amides is 9. The second kappa shape index (κ2) is 45.1. The van der Waals surface area contributed by atoms with Crippen LogP contribution in [0.3, 0.4) is 0 Å². The summed E-state index contributed by atoms with van der Waals surface area (Å²) in [7, 11) is 0. The Hall–Kier alpha value is -1.38. The van der Waals surface area contributed by atoms with Gasteiger partial charge in [-0.1, -0.05) is 0 Å². The number of aliphatic hydroxyl groups is 21. The van der Waals surface area contributed by atoms with Crippen LogP contribution in [0, 0.1) is 32.1 Å². The molecule has 106 heavy (non-hydrogen) atoms. The zero-order chi connectivity index (χ0) is 80.5. The van der Waals surface area contributed by atoms with Crippen molar-refractivity contribution in [2.24, 2.45) is 0 Å². The third kappa shape index (κ3) is 23.9. The molecule has 3 aromatic carbocycles. The Labute approximate surface area is 723 Å². The first-order valence-corrected chi connectivity index (χ1v) is 40.3. The molecule has 0 radical (unpaired) electrons. The molecule has 0 saturated carbocycles. The van der Waals surface area contributed by atoms with Crippen molar-refractivity contribution in [3.63, 3.8) is 0 Å². The molecule has 1 heterocycles. The van der Waals surface area contributed by atoms with E-state index in [0.717, 1.165) is 14.7 Å². The number of halogens is 9. The first-order valence-electron chi connectivity index (χ1n) is 30.6. The van der Waals surface area contributed by atoms with Crippen molar-refractivity contribution in [3.8, 4) is 0 Å². The van der Waals surface area contributed by atoms with Crippen LogP contribution in [0.5, 0.6) is 0 Å². The van der Waals surface area contributed by atoms with E-state index in [0.29, 0.717) is 4.90 Å². The highest BCUT2D eigenvalue weighted by atomic mass is 127. The van der Waals surface area contributed by atoms with Gasteiger partial charge in [0.2, 0.25) is 0 Å². The molecular weight excluding hydrogens is 2440 g/mol. The molecular formula is C58H74I9N9O30. The van der Waals surface area contributed by atoms with Gasteiger partial charge in [-0.05, 0) is 203 Å². The van der Waals surface area contributed by atoms with Gasteiger partial charge in [0.25, 0.3) is 53.2 Å². The second-order valence-corrected chi connectivity index (χ2v) is 32.9. The highest BCUT2D eigenvalue weighted by molar-refractivity contribution is 14.1. The standard InChI is InChI=1S/C58H74I9N9O30/c59-35-29(38(62)44(70-50(98)26(92)15-83)40(64)31(35)55(103)73(3-18(86)9-77)4-19(87)10-78)53(101)68-1-24-47(95)49(97)48(96)25(2-69-54(102)30-36(60)32(41(65)45(39(30)63)71-51(99)27(93)16-84)56(104)74(5-20(88)11-79)6-21(89)12-80)76(24)58(106)34-37(61)33(42(66)46(43(34)67)72-52(100)28(94)17-85)57(105)75(7-22(90)13-81)8-23(91)14-82/h18-28,47-49,77-97H,1-17H2,(H,68,101)(H,69,102)(H,70,98)(H,71,99)(H,72,100)/t18?,19?,20?,21?,22?,23?,24-,25+,26?,27?,28?,47-,48?,49?/m0/s1. The minimum Gasteiger partial charge on any atom is -0.394 e. The number of nitrogens with zero attached hydrogens (tertiary/aromatic N) is 4. The van der Waals surface area contributed by atoms with E-state index in [1.165, 1.54) is 45.2 Å². The summed E-state index contributed by atoms with van der Waals surface area (Å²) in [5.41, 5.74) is -4.65. The van der Waals surface area contributed by atoms with E-state index in [1.54, 1.807) is 158 Å². The van der Waals surface area contributed by atoms with Crippen LogP contribution in [0.15, 0.2) is 0 Å².